The third-order valence-electron chi connectivity index (χ3n) is 2.89. The van der Waals surface area contributed by atoms with Crippen LogP contribution >= 0.6 is 11.3 Å². The van der Waals surface area contributed by atoms with Gasteiger partial charge >= 0.3 is 0 Å². The minimum Gasteiger partial charge on any atom is -0.316 e. The number of hydrogen-bond acceptors (Lipinski definition) is 4. The first-order valence-electron chi connectivity index (χ1n) is 6.70. The van der Waals surface area contributed by atoms with Crippen molar-refractivity contribution in [1.82, 2.24) is 15.5 Å². The Balaban J connectivity index is 2.35. The third kappa shape index (κ3) is 5.13. The summed E-state index contributed by atoms with van der Waals surface area (Å²) in [5, 5.41) is 14.4. The van der Waals surface area contributed by atoms with Crippen LogP contribution in [0.5, 0.6) is 0 Å². The lowest BCUT2D eigenvalue weighted by atomic mass is 10.1. The van der Waals surface area contributed by atoms with Crippen molar-refractivity contribution in [1.29, 1.82) is 0 Å². The van der Waals surface area contributed by atoms with E-state index in [9.17, 15) is 0 Å². The first-order valence-corrected chi connectivity index (χ1v) is 7.51. The zero-order valence-electron chi connectivity index (χ0n) is 11.5. The van der Waals surface area contributed by atoms with Crippen molar-refractivity contribution >= 4 is 11.3 Å². The van der Waals surface area contributed by atoms with Gasteiger partial charge in [-0.1, -0.05) is 27.7 Å². The van der Waals surface area contributed by atoms with Gasteiger partial charge in [-0.25, -0.2) is 0 Å². The molecule has 0 amide bonds. The predicted octanol–water partition coefficient (Wildman–Crippen LogP) is 3.23. The average molecular weight is 255 g/mol. The van der Waals surface area contributed by atoms with Crippen LogP contribution in [0.2, 0.25) is 0 Å². The van der Waals surface area contributed by atoms with Crippen molar-refractivity contribution in [2.75, 3.05) is 13.1 Å². The fourth-order valence-electron chi connectivity index (χ4n) is 1.76. The maximum Gasteiger partial charge on any atom is 0.120 e. The average Bonchev–Trinajstić information content (AvgIpc) is 2.75. The van der Waals surface area contributed by atoms with Crippen LogP contribution in [0.15, 0.2) is 0 Å². The first-order chi connectivity index (χ1) is 8.17. The minimum atomic E-state index is 0.602. The van der Waals surface area contributed by atoms with E-state index < -0.39 is 0 Å². The second kappa shape index (κ2) is 7.77. The second-order valence-corrected chi connectivity index (χ2v) is 5.99. The lowest BCUT2D eigenvalue weighted by Crippen LogP contribution is -2.22. The molecule has 0 aromatic carbocycles. The van der Waals surface area contributed by atoms with Gasteiger partial charge in [0.2, 0.25) is 0 Å². The molecular weight excluding hydrogens is 230 g/mol. The summed E-state index contributed by atoms with van der Waals surface area (Å²) in [4.78, 5) is 0. The van der Waals surface area contributed by atoms with Gasteiger partial charge in [0.05, 0.1) is 0 Å². The highest BCUT2D eigenvalue weighted by Crippen LogP contribution is 2.25. The van der Waals surface area contributed by atoms with Crippen molar-refractivity contribution in [2.24, 2.45) is 5.92 Å². The fourth-order valence-corrected chi connectivity index (χ4v) is 2.87. The Kier molecular flexibility index (Phi) is 6.66. The monoisotopic (exact) mass is 255 g/mol. The Morgan fingerprint density at radius 2 is 1.88 bits per heavy atom. The standard InChI is InChI=1S/C13H25N3S/c1-5-11(6-2)13-16-15-12(17-13)7-8-14-9-10(3)4/h10-11,14H,5-9H2,1-4H3. The van der Waals surface area contributed by atoms with E-state index in [1.807, 2.05) is 0 Å². The zero-order valence-corrected chi connectivity index (χ0v) is 12.3. The molecule has 1 N–H and O–H groups in total. The van der Waals surface area contributed by atoms with E-state index in [4.69, 9.17) is 0 Å². The maximum absolute atomic E-state index is 4.31. The molecule has 1 aromatic heterocycles. The van der Waals surface area contributed by atoms with E-state index >= 15 is 0 Å². The van der Waals surface area contributed by atoms with Gasteiger partial charge in [-0.15, -0.1) is 21.5 Å². The van der Waals surface area contributed by atoms with Gasteiger partial charge in [0.15, 0.2) is 0 Å². The molecule has 4 heteroatoms. The molecule has 0 saturated carbocycles. The second-order valence-electron chi connectivity index (χ2n) is 4.90. The number of aromatic nitrogens is 2. The summed E-state index contributed by atoms with van der Waals surface area (Å²) >= 11 is 1.79. The van der Waals surface area contributed by atoms with Gasteiger partial charge in [-0.2, -0.15) is 0 Å². The van der Waals surface area contributed by atoms with Gasteiger partial charge in [0.1, 0.15) is 10.0 Å². The summed E-state index contributed by atoms with van der Waals surface area (Å²) in [6, 6.07) is 0. The van der Waals surface area contributed by atoms with Crippen molar-refractivity contribution in [3.63, 3.8) is 0 Å². The molecule has 1 rings (SSSR count). The van der Waals surface area contributed by atoms with Gasteiger partial charge in [-0.05, 0) is 25.3 Å². The smallest absolute Gasteiger partial charge is 0.120 e. The first kappa shape index (κ1) is 14.6. The van der Waals surface area contributed by atoms with Gasteiger partial charge in [0.25, 0.3) is 0 Å². The Morgan fingerprint density at radius 1 is 1.18 bits per heavy atom. The van der Waals surface area contributed by atoms with E-state index in [-0.39, 0.29) is 0 Å². The van der Waals surface area contributed by atoms with Gasteiger partial charge < -0.3 is 5.32 Å². The highest BCUT2D eigenvalue weighted by Gasteiger charge is 2.12. The van der Waals surface area contributed by atoms with Gasteiger partial charge in [-0.3, -0.25) is 0 Å². The molecule has 3 nitrogen and oxygen atoms in total. The van der Waals surface area contributed by atoms with E-state index in [1.165, 1.54) is 10.0 Å². The lowest BCUT2D eigenvalue weighted by Gasteiger charge is -2.06. The van der Waals surface area contributed by atoms with Crippen LogP contribution in [0.3, 0.4) is 0 Å². The Bertz CT molecular complexity index is 305. The topological polar surface area (TPSA) is 37.8 Å². The van der Waals surface area contributed by atoms with Crippen molar-refractivity contribution in [3.05, 3.63) is 10.0 Å². The summed E-state index contributed by atoms with van der Waals surface area (Å²) in [5.74, 6) is 1.31. The molecule has 17 heavy (non-hydrogen) atoms. The molecule has 1 heterocycles. The zero-order chi connectivity index (χ0) is 12.7. The van der Waals surface area contributed by atoms with Crippen LogP contribution in [-0.2, 0) is 6.42 Å². The molecule has 0 saturated heterocycles. The molecule has 0 bridgehead atoms. The van der Waals surface area contributed by atoms with Crippen LogP contribution in [0, 0.1) is 5.92 Å². The SMILES string of the molecule is CCC(CC)c1nnc(CCNCC(C)C)s1. The number of rotatable bonds is 8. The Labute approximate surface area is 109 Å². The molecule has 0 atom stereocenters. The molecule has 98 valence electrons. The lowest BCUT2D eigenvalue weighted by molar-refractivity contribution is 0.553. The van der Waals surface area contributed by atoms with Crippen LogP contribution in [0.1, 0.15) is 56.5 Å². The molecule has 0 unspecified atom stereocenters. The van der Waals surface area contributed by atoms with Crippen molar-refractivity contribution in [2.45, 2.75) is 52.9 Å². The van der Waals surface area contributed by atoms with Crippen molar-refractivity contribution in [3.8, 4) is 0 Å². The summed E-state index contributed by atoms with van der Waals surface area (Å²) in [7, 11) is 0. The van der Waals surface area contributed by atoms with Crippen LogP contribution in [-0.4, -0.2) is 23.3 Å². The van der Waals surface area contributed by atoms with Crippen LogP contribution in [0.25, 0.3) is 0 Å². The van der Waals surface area contributed by atoms with E-state index in [2.05, 4.69) is 43.2 Å². The molecule has 0 spiro atoms. The van der Waals surface area contributed by atoms with Crippen LogP contribution in [0.4, 0.5) is 0 Å². The van der Waals surface area contributed by atoms with Crippen LogP contribution < -0.4 is 5.32 Å². The molecule has 0 aliphatic carbocycles. The molecule has 0 radical (unpaired) electrons. The predicted molar refractivity (Wildman–Crippen MR) is 74.6 cm³/mol. The maximum atomic E-state index is 4.31. The fraction of sp³-hybridized carbons (Fsp3) is 0.846. The summed E-state index contributed by atoms with van der Waals surface area (Å²) in [5.41, 5.74) is 0. The molecule has 0 aliphatic heterocycles. The number of nitrogens with zero attached hydrogens (tertiary/aromatic N) is 2. The number of hydrogen-bond donors (Lipinski definition) is 1. The normalized spacial score (nSPS) is 11.6. The Hall–Kier alpha value is -0.480. The largest absolute Gasteiger partial charge is 0.316 e. The van der Waals surface area contributed by atoms with Crippen molar-refractivity contribution < 1.29 is 0 Å². The number of nitrogens with one attached hydrogen (secondary N) is 1. The van der Waals surface area contributed by atoms with Gasteiger partial charge in [0, 0.05) is 18.9 Å². The molecular formula is C13H25N3S. The molecule has 0 fully saturated rings. The quantitative estimate of drug-likeness (QED) is 0.725. The summed E-state index contributed by atoms with van der Waals surface area (Å²) < 4.78 is 0. The summed E-state index contributed by atoms with van der Waals surface area (Å²) in [6.07, 6.45) is 3.33. The Morgan fingerprint density at radius 3 is 2.47 bits per heavy atom. The highest BCUT2D eigenvalue weighted by molar-refractivity contribution is 7.11. The van der Waals surface area contributed by atoms with E-state index in [0.717, 1.165) is 32.4 Å². The molecule has 1 aromatic rings. The minimum absolute atomic E-state index is 0.602. The van der Waals surface area contributed by atoms with E-state index in [1.54, 1.807) is 11.3 Å². The summed E-state index contributed by atoms with van der Waals surface area (Å²) in [6.45, 7) is 11.0. The highest BCUT2D eigenvalue weighted by atomic mass is 32.1. The van der Waals surface area contributed by atoms with E-state index in [0.29, 0.717) is 11.8 Å². The third-order valence-corrected chi connectivity index (χ3v) is 4.03. The molecule has 0 aliphatic rings.